The molecule has 0 aromatic heterocycles. The van der Waals surface area contributed by atoms with Crippen LogP contribution in [0.4, 0.5) is 0 Å². The lowest BCUT2D eigenvalue weighted by Crippen LogP contribution is -2.43. The average Bonchev–Trinajstić information content (AvgIpc) is 2.60. The van der Waals surface area contributed by atoms with E-state index in [-0.39, 0.29) is 22.8 Å². The number of aliphatic hydroxyl groups excluding tert-OH is 1. The first-order valence-electron chi connectivity index (χ1n) is 7.80. The summed E-state index contributed by atoms with van der Waals surface area (Å²) >= 11 is 0. The minimum absolute atomic E-state index is 0.00332. The van der Waals surface area contributed by atoms with Gasteiger partial charge in [0.15, 0.2) is 0 Å². The molecule has 0 bridgehead atoms. The molecule has 1 fully saturated rings. The predicted octanol–water partition coefficient (Wildman–Crippen LogP) is 0.456. The highest BCUT2D eigenvalue weighted by Crippen LogP contribution is 2.29. The smallest absolute Gasteiger partial charge is 0.251 e. The van der Waals surface area contributed by atoms with Gasteiger partial charge in [-0.25, -0.2) is 12.7 Å². The van der Waals surface area contributed by atoms with E-state index in [1.165, 1.54) is 38.4 Å². The third-order valence-corrected chi connectivity index (χ3v) is 6.24. The van der Waals surface area contributed by atoms with Gasteiger partial charge < -0.3 is 15.2 Å². The van der Waals surface area contributed by atoms with Crippen LogP contribution in [0.2, 0.25) is 0 Å². The van der Waals surface area contributed by atoms with E-state index in [0.29, 0.717) is 38.2 Å². The zero-order valence-corrected chi connectivity index (χ0v) is 14.8. The van der Waals surface area contributed by atoms with Crippen molar-refractivity contribution in [1.82, 2.24) is 9.62 Å². The number of nitrogens with zero attached hydrogens (tertiary/aromatic N) is 1. The van der Waals surface area contributed by atoms with E-state index >= 15 is 0 Å². The fourth-order valence-electron chi connectivity index (χ4n) is 2.55. The summed E-state index contributed by atoms with van der Waals surface area (Å²) in [7, 11) is -0.595. The second kappa shape index (κ2) is 7.60. The van der Waals surface area contributed by atoms with Gasteiger partial charge in [0.05, 0.1) is 11.5 Å². The summed E-state index contributed by atoms with van der Waals surface area (Å²) in [6.45, 7) is 1.52. The zero-order valence-electron chi connectivity index (χ0n) is 14.0. The molecule has 1 aromatic rings. The Morgan fingerprint density at radius 1 is 1.25 bits per heavy atom. The Morgan fingerprint density at radius 2 is 1.83 bits per heavy atom. The summed E-state index contributed by atoms with van der Waals surface area (Å²) in [6, 6.07) is 5.81. The number of amides is 1. The molecule has 0 atom stereocenters. The number of sulfonamides is 1. The second-order valence-corrected chi connectivity index (χ2v) is 8.42. The lowest BCUT2D eigenvalue weighted by atomic mass is 9.81. The molecule has 2 rings (SSSR count). The van der Waals surface area contributed by atoms with Gasteiger partial charge in [0, 0.05) is 44.8 Å². The molecule has 1 aliphatic rings. The fourth-order valence-corrected chi connectivity index (χ4v) is 3.46. The van der Waals surface area contributed by atoms with Crippen LogP contribution in [0.3, 0.4) is 0 Å². The third-order valence-electron chi connectivity index (χ3n) is 4.41. The molecular formula is C16H24N2O5S. The van der Waals surface area contributed by atoms with Crippen LogP contribution in [0.1, 0.15) is 23.2 Å². The largest absolute Gasteiger partial charge is 0.396 e. The van der Waals surface area contributed by atoms with Crippen molar-refractivity contribution in [3.8, 4) is 0 Å². The van der Waals surface area contributed by atoms with Gasteiger partial charge in [0.25, 0.3) is 5.91 Å². The molecule has 1 saturated heterocycles. The maximum absolute atomic E-state index is 12.3. The quantitative estimate of drug-likeness (QED) is 0.772. The van der Waals surface area contributed by atoms with Crippen molar-refractivity contribution in [1.29, 1.82) is 0 Å². The van der Waals surface area contributed by atoms with Gasteiger partial charge in [-0.3, -0.25) is 4.79 Å². The average molecular weight is 356 g/mol. The summed E-state index contributed by atoms with van der Waals surface area (Å²) < 4.78 is 30.4. The molecule has 7 nitrogen and oxygen atoms in total. The number of hydrogen-bond acceptors (Lipinski definition) is 5. The molecule has 0 saturated carbocycles. The Balaban J connectivity index is 2.03. The third kappa shape index (κ3) is 4.13. The highest BCUT2D eigenvalue weighted by Gasteiger charge is 2.32. The van der Waals surface area contributed by atoms with Crippen LogP contribution >= 0.6 is 0 Å². The van der Waals surface area contributed by atoms with Crippen molar-refractivity contribution in [2.24, 2.45) is 5.41 Å². The summed E-state index contributed by atoms with van der Waals surface area (Å²) in [5, 5.41) is 12.5. The van der Waals surface area contributed by atoms with Gasteiger partial charge in [0.1, 0.15) is 0 Å². The highest BCUT2D eigenvalue weighted by molar-refractivity contribution is 7.89. The van der Waals surface area contributed by atoms with Crippen molar-refractivity contribution >= 4 is 15.9 Å². The molecule has 134 valence electrons. The maximum Gasteiger partial charge on any atom is 0.251 e. The number of carbonyl (C=O) groups excluding carboxylic acids is 1. The van der Waals surface area contributed by atoms with Crippen LogP contribution in [0.25, 0.3) is 0 Å². The molecule has 1 aromatic carbocycles. The van der Waals surface area contributed by atoms with Crippen molar-refractivity contribution in [2.45, 2.75) is 17.7 Å². The van der Waals surface area contributed by atoms with E-state index in [1.807, 2.05) is 0 Å². The number of rotatable bonds is 6. The Bertz CT molecular complexity index is 664. The number of nitrogens with one attached hydrogen (secondary N) is 1. The molecule has 0 unspecified atom stereocenters. The molecule has 0 radical (unpaired) electrons. The lowest BCUT2D eigenvalue weighted by Gasteiger charge is -2.35. The zero-order chi connectivity index (χ0) is 17.8. The van der Waals surface area contributed by atoms with Crippen LogP contribution in [-0.2, 0) is 14.8 Å². The second-order valence-electron chi connectivity index (χ2n) is 6.26. The van der Waals surface area contributed by atoms with E-state index in [9.17, 15) is 18.3 Å². The van der Waals surface area contributed by atoms with Crippen LogP contribution in [-0.4, -0.2) is 64.2 Å². The molecule has 0 aliphatic carbocycles. The number of aliphatic hydroxyl groups is 1. The summed E-state index contributed by atoms with van der Waals surface area (Å²) in [5.74, 6) is -0.289. The van der Waals surface area contributed by atoms with Crippen molar-refractivity contribution < 1.29 is 23.1 Å². The minimum Gasteiger partial charge on any atom is -0.396 e. The van der Waals surface area contributed by atoms with E-state index in [0.717, 1.165) is 4.31 Å². The van der Waals surface area contributed by atoms with Crippen LogP contribution in [0, 0.1) is 5.41 Å². The standard InChI is InChI=1S/C16H24N2O5S/c1-18(2)24(21,22)14-5-3-13(4-6-14)15(20)17-11-16(12-19)7-9-23-10-8-16/h3-6,19H,7-12H2,1-2H3,(H,17,20). The van der Waals surface area contributed by atoms with Gasteiger partial charge in [-0.2, -0.15) is 0 Å². The Kier molecular flexibility index (Phi) is 5.97. The molecule has 24 heavy (non-hydrogen) atoms. The van der Waals surface area contributed by atoms with Crippen LogP contribution < -0.4 is 5.32 Å². The molecule has 2 N–H and O–H groups in total. The molecule has 0 spiro atoms. The fraction of sp³-hybridized carbons (Fsp3) is 0.562. The van der Waals surface area contributed by atoms with Crippen LogP contribution in [0.5, 0.6) is 0 Å². The van der Waals surface area contributed by atoms with Crippen molar-refractivity contribution in [3.63, 3.8) is 0 Å². The molecule has 1 amide bonds. The number of benzene rings is 1. The van der Waals surface area contributed by atoms with Crippen molar-refractivity contribution in [2.75, 3.05) is 40.5 Å². The lowest BCUT2D eigenvalue weighted by molar-refractivity contribution is -0.0146. The van der Waals surface area contributed by atoms with Gasteiger partial charge in [0.2, 0.25) is 10.0 Å². The van der Waals surface area contributed by atoms with Crippen LogP contribution in [0.15, 0.2) is 29.2 Å². The topological polar surface area (TPSA) is 95.9 Å². The normalized spacial score (nSPS) is 17.7. The van der Waals surface area contributed by atoms with Gasteiger partial charge in [-0.05, 0) is 37.1 Å². The maximum atomic E-state index is 12.3. The van der Waals surface area contributed by atoms with Gasteiger partial charge in [-0.15, -0.1) is 0 Å². The first-order valence-corrected chi connectivity index (χ1v) is 9.24. The van der Waals surface area contributed by atoms with Gasteiger partial charge >= 0.3 is 0 Å². The number of ether oxygens (including phenoxy) is 1. The monoisotopic (exact) mass is 356 g/mol. The molecule has 1 heterocycles. The molecular weight excluding hydrogens is 332 g/mol. The number of carbonyl (C=O) groups is 1. The predicted molar refractivity (Wildman–Crippen MR) is 89.2 cm³/mol. The van der Waals surface area contributed by atoms with Gasteiger partial charge in [-0.1, -0.05) is 0 Å². The first-order chi connectivity index (χ1) is 11.3. The van der Waals surface area contributed by atoms with Crippen molar-refractivity contribution in [3.05, 3.63) is 29.8 Å². The van der Waals surface area contributed by atoms with E-state index in [1.54, 1.807) is 0 Å². The number of hydrogen-bond donors (Lipinski definition) is 2. The Hall–Kier alpha value is -1.48. The summed E-state index contributed by atoms with van der Waals surface area (Å²) in [6.07, 6.45) is 1.40. The summed E-state index contributed by atoms with van der Waals surface area (Å²) in [5.41, 5.74) is 0.0371. The summed E-state index contributed by atoms with van der Waals surface area (Å²) in [4.78, 5) is 12.4. The minimum atomic E-state index is -3.51. The molecule has 8 heteroatoms. The van der Waals surface area contributed by atoms with E-state index < -0.39 is 10.0 Å². The first kappa shape index (κ1) is 18.9. The SMILES string of the molecule is CN(C)S(=O)(=O)c1ccc(C(=O)NCC2(CO)CCOCC2)cc1. The Labute approximate surface area is 142 Å². The Morgan fingerprint density at radius 3 is 2.33 bits per heavy atom. The molecule has 1 aliphatic heterocycles. The highest BCUT2D eigenvalue weighted by atomic mass is 32.2. The van der Waals surface area contributed by atoms with E-state index in [2.05, 4.69) is 5.32 Å². The van der Waals surface area contributed by atoms with E-state index in [4.69, 9.17) is 4.74 Å².